The Morgan fingerprint density at radius 3 is 2.92 bits per heavy atom. The van der Waals surface area contributed by atoms with Crippen molar-refractivity contribution in [2.24, 2.45) is 11.3 Å². The molecular formula is C17H17N3O4. The van der Waals surface area contributed by atoms with Gasteiger partial charge in [-0.1, -0.05) is 18.2 Å². The average molecular weight is 327 g/mol. The Bertz CT molecular complexity index is 788. The smallest absolute Gasteiger partial charge is 0.313 e. The topological polar surface area (TPSA) is 95.7 Å². The minimum Gasteiger partial charge on any atom is -0.481 e. The molecule has 3 heterocycles. The standard InChI is InChI=1S/C17H17N3O4/c21-14-13-7-20(10-17(13,9-18-14)16(22)23)6-12-8-24-15(19-12)11-4-2-1-3-5-11/h1-5,8,13H,6-7,9-10H2,(H,18,21)(H,22,23)/t13-,17+/m0/s1. The number of nitrogens with zero attached hydrogens (tertiary/aromatic N) is 2. The van der Waals surface area contributed by atoms with Crippen molar-refractivity contribution in [3.63, 3.8) is 0 Å². The lowest BCUT2D eigenvalue weighted by Gasteiger charge is -2.21. The Morgan fingerprint density at radius 2 is 2.21 bits per heavy atom. The molecule has 2 aliphatic rings. The first-order valence-electron chi connectivity index (χ1n) is 7.82. The lowest BCUT2D eigenvalue weighted by Crippen LogP contribution is -2.40. The highest BCUT2D eigenvalue weighted by Gasteiger charge is 2.59. The number of carboxylic acids is 1. The number of carbonyl (C=O) groups excluding carboxylic acids is 1. The molecule has 1 aromatic carbocycles. The second kappa shape index (κ2) is 5.45. The third kappa shape index (κ3) is 2.28. The van der Waals surface area contributed by atoms with Crippen LogP contribution in [0.1, 0.15) is 5.69 Å². The third-order valence-corrected chi connectivity index (χ3v) is 4.89. The molecule has 124 valence electrons. The van der Waals surface area contributed by atoms with Crippen LogP contribution in [0.15, 0.2) is 41.0 Å². The molecule has 2 saturated heterocycles. The van der Waals surface area contributed by atoms with Crippen LogP contribution in [-0.4, -0.2) is 46.5 Å². The number of hydrogen-bond acceptors (Lipinski definition) is 5. The Balaban J connectivity index is 1.50. The summed E-state index contributed by atoms with van der Waals surface area (Å²) in [6.07, 6.45) is 1.59. The molecule has 0 saturated carbocycles. The van der Waals surface area contributed by atoms with Gasteiger partial charge >= 0.3 is 5.97 Å². The van der Waals surface area contributed by atoms with Crippen LogP contribution in [0, 0.1) is 11.3 Å². The molecule has 1 amide bonds. The van der Waals surface area contributed by atoms with Crippen molar-refractivity contribution in [3.05, 3.63) is 42.3 Å². The van der Waals surface area contributed by atoms with E-state index in [0.29, 0.717) is 25.5 Å². The Morgan fingerprint density at radius 1 is 1.42 bits per heavy atom. The molecule has 2 fully saturated rings. The highest BCUT2D eigenvalue weighted by molar-refractivity contribution is 5.92. The van der Waals surface area contributed by atoms with Crippen LogP contribution in [-0.2, 0) is 16.1 Å². The molecule has 7 heteroatoms. The monoisotopic (exact) mass is 327 g/mol. The maximum absolute atomic E-state index is 11.9. The van der Waals surface area contributed by atoms with Gasteiger partial charge in [-0.25, -0.2) is 4.98 Å². The fraction of sp³-hybridized carbons (Fsp3) is 0.353. The van der Waals surface area contributed by atoms with Gasteiger partial charge in [0.05, 0.1) is 11.6 Å². The van der Waals surface area contributed by atoms with Crippen LogP contribution in [0.5, 0.6) is 0 Å². The molecule has 0 spiro atoms. The molecule has 24 heavy (non-hydrogen) atoms. The lowest BCUT2D eigenvalue weighted by molar-refractivity contribution is -0.149. The summed E-state index contributed by atoms with van der Waals surface area (Å²) >= 11 is 0. The first-order chi connectivity index (χ1) is 11.6. The molecule has 7 nitrogen and oxygen atoms in total. The number of aromatic nitrogens is 1. The van der Waals surface area contributed by atoms with E-state index in [0.717, 1.165) is 11.3 Å². The van der Waals surface area contributed by atoms with E-state index in [1.807, 2.05) is 35.2 Å². The summed E-state index contributed by atoms with van der Waals surface area (Å²) in [6, 6.07) is 9.58. The van der Waals surface area contributed by atoms with Crippen molar-refractivity contribution in [1.29, 1.82) is 0 Å². The molecule has 2 aliphatic heterocycles. The molecular weight excluding hydrogens is 310 g/mol. The van der Waals surface area contributed by atoms with Crippen molar-refractivity contribution >= 4 is 11.9 Å². The number of oxazole rings is 1. The predicted octanol–water partition coefficient (Wildman–Crippen LogP) is 0.974. The Hall–Kier alpha value is -2.67. The molecule has 0 unspecified atom stereocenters. The van der Waals surface area contributed by atoms with E-state index in [1.54, 1.807) is 6.26 Å². The molecule has 0 aliphatic carbocycles. The average Bonchev–Trinajstić information content (AvgIpc) is 3.26. The minimum absolute atomic E-state index is 0.176. The first kappa shape index (κ1) is 14.9. The van der Waals surface area contributed by atoms with Crippen LogP contribution in [0.25, 0.3) is 11.5 Å². The van der Waals surface area contributed by atoms with Crippen molar-refractivity contribution < 1.29 is 19.1 Å². The van der Waals surface area contributed by atoms with Gasteiger partial charge in [0.15, 0.2) is 0 Å². The summed E-state index contributed by atoms with van der Waals surface area (Å²) in [5, 5.41) is 12.2. The van der Waals surface area contributed by atoms with Gasteiger partial charge in [0.1, 0.15) is 11.7 Å². The van der Waals surface area contributed by atoms with E-state index in [2.05, 4.69) is 10.3 Å². The van der Waals surface area contributed by atoms with Crippen LogP contribution in [0.2, 0.25) is 0 Å². The van der Waals surface area contributed by atoms with Crippen molar-refractivity contribution in [2.45, 2.75) is 6.54 Å². The summed E-state index contributed by atoms with van der Waals surface area (Å²) in [6.45, 7) is 1.41. The number of aliphatic carboxylic acids is 1. The number of carboxylic acid groups (broad SMARTS) is 1. The van der Waals surface area contributed by atoms with Gasteiger partial charge in [-0.3, -0.25) is 14.5 Å². The van der Waals surface area contributed by atoms with Crippen LogP contribution in [0.3, 0.4) is 0 Å². The number of fused-ring (bicyclic) bond motifs is 1. The number of amides is 1. The maximum Gasteiger partial charge on any atom is 0.313 e. The molecule has 2 aromatic rings. The largest absolute Gasteiger partial charge is 0.481 e. The number of benzene rings is 1. The Labute approximate surface area is 138 Å². The molecule has 2 N–H and O–H groups in total. The van der Waals surface area contributed by atoms with Gasteiger partial charge in [-0.05, 0) is 12.1 Å². The maximum atomic E-state index is 11.9. The highest BCUT2D eigenvalue weighted by Crippen LogP contribution is 2.40. The van der Waals surface area contributed by atoms with Gasteiger partial charge in [0, 0.05) is 31.7 Å². The quantitative estimate of drug-likeness (QED) is 0.869. The normalized spacial score (nSPS) is 26.3. The van der Waals surface area contributed by atoms with E-state index < -0.39 is 17.3 Å². The summed E-state index contributed by atoms with van der Waals surface area (Å²) in [4.78, 5) is 30.0. The number of rotatable bonds is 4. The fourth-order valence-electron chi connectivity index (χ4n) is 3.62. The summed E-state index contributed by atoms with van der Waals surface area (Å²) in [5.74, 6) is -1.06. The van der Waals surface area contributed by atoms with Gasteiger partial charge in [0.25, 0.3) is 0 Å². The van der Waals surface area contributed by atoms with Gasteiger partial charge in [-0.15, -0.1) is 0 Å². The number of likely N-dealkylation sites (tertiary alicyclic amines) is 1. The zero-order valence-electron chi connectivity index (χ0n) is 12.9. The van der Waals surface area contributed by atoms with Crippen molar-refractivity contribution in [3.8, 4) is 11.5 Å². The highest BCUT2D eigenvalue weighted by atomic mass is 16.4. The number of hydrogen-bond donors (Lipinski definition) is 2. The van der Waals surface area contributed by atoms with E-state index >= 15 is 0 Å². The second-order valence-electron chi connectivity index (χ2n) is 6.41. The minimum atomic E-state index is -1.02. The van der Waals surface area contributed by atoms with Gasteiger partial charge in [0.2, 0.25) is 11.8 Å². The molecule has 4 rings (SSSR count). The fourth-order valence-corrected chi connectivity index (χ4v) is 3.62. The SMILES string of the molecule is O=C1NC[C@@]2(C(=O)O)CN(Cc3coc(-c4ccccc4)n3)C[C@@H]12. The van der Waals surface area contributed by atoms with E-state index in [1.165, 1.54) is 0 Å². The summed E-state index contributed by atoms with van der Waals surface area (Å²) in [7, 11) is 0. The Kier molecular flexibility index (Phi) is 3.38. The predicted molar refractivity (Wildman–Crippen MR) is 83.8 cm³/mol. The molecule has 2 atom stereocenters. The van der Waals surface area contributed by atoms with Gasteiger partial charge < -0.3 is 14.8 Å². The zero-order chi connectivity index (χ0) is 16.7. The zero-order valence-corrected chi connectivity index (χ0v) is 12.9. The van der Waals surface area contributed by atoms with E-state index in [4.69, 9.17) is 4.42 Å². The lowest BCUT2D eigenvalue weighted by atomic mass is 9.81. The second-order valence-corrected chi connectivity index (χ2v) is 6.41. The number of nitrogens with one attached hydrogen (secondary N) is 1. The van der Waals surface area contributed by atoms with Crippen molar-refractivity contribution in [2.75, 3.05) is 19.6 Å². The van der Waals surface area contributed by atoms with Crippen molar-refractivity contribution in [1.82, 2.24) is 15.2 Å². The van der Waals surface area contributed by atoms with E-state index in [-0.39, 0.29) is 12.5 Å². The van der Waals surface area contributed by atoms with Crippen LogP contribution >= 0.6 is 0 Å². The van der Waals surface area contributed by atoms with Crippen LogP contribution < -0.4 is 5.32 Å². The molecule has 0 radical (unpaired) electrons. The molecule has 0 bridgehead atoms. The number of carbonyl (C=O) groups is 2. The first-order valence-corrected chi connectivity index (χ1v) is 7.82. The van der Waals surface area contributed by atoms with Gasteiger partial charge in [-0.2, -0.15) is 0 Å². The summed E-state index contributed by atoms with van der Waals surface area (Å²) in [5.41, 5.74) is 0.599. The van der Waals surface area contributed by atoms with E-state index in [9.17, 15) is 14.7 Å². The van der Waals surface area contributed by atoms with Crippen LogP contribution in [0.4, 0.5) is 0 Å². The molecule has 1 aromatic heterocycles. The summed E-state index contributed by atoms with van der Waals surface area (Å²) < 4.78 is 5.52. The third-order valence-electron chi connectivity index (χ3n) is 4.89.